The molecular formula is C18H20N4OS2. The van der Waals surface area contributed by atoms with Crippen molar-refractivity contribution in [2.45, 2.75) is 30.8 Å². The van der Waals surface area contributed by atoms with Crippen LogP contribution in [0.3, 0.4) is 0 Å². The summed E-state index contributed by atoms with van der Waals surface area (Å²) in [6, 6.07) is 14.3. The number of carbonyl (C=O) groups is 1. The molecule has 0 aliphatic heterocycles. The fourth-order valence-corrected chi connectivity index (χ4v) is 3.99. The summed E-state index contributed by atoms with van der Waals surface area (Å²) in [6.07, 6.45) is 0. The molecule has 1 aromatic carbocycles. The number of amides is 1. The minimum Gasteiger partial charge on any atom is -0.355 e. The number of hydrogen-bond donors (Lipinski definition) is 1. The Morgan fingerprint density at radius 3 is 2.72 bits per heavy atom. The average molecular weight is 373 g/mol. The van der Waals surface area contributed by atoms with Crippen molar-refractivity contribution in [1.29, 1.82) is 0 Å². The maximum Gasteiger partial charge on any atom is 0.233 e. The second-order valence-electron chi connectivity index (χ2n) is 5.51. The normalized spacial score (nSPS) is 12.1. The van der Waals surface area contributed by atoms with Crippen molar-refractivity contribution in [3.63, 3.8) is 0 Å². The number of nitrogens with zero attached hydrogens (tertiary/aromatic N) is 3. The standard InChI is InChI=1S/C18H20N4OS2/c1-3-19-17(23)13(2)25-18-21-20-16(15-10-7-11-24-15)22(18)12-14-8-5-4-6-9-14/h4-11,13H,3,12H2,1-2H3,(H,19,23)/t13-/m1/s1. The van der Waals surface area contributed by atoms with E-state index in [4.69, 9.17) is 0 Å². The number of carbonyl (C=O) groups excluding carboxylic acids is 1. The Bertz CT molecular complexity index is 815. The summed E-state index contributed by atoms with van der Waals surface area (Å²) in [4.78, 5) is 13.1. The maximum atomic E-state index is 12.1. The van der Waals surface area contributed by atoms with Crippen LogP contribution in [0, 0.1) is 0 Å². The highest BCUT2D eigenvalue weighted by Gasteiger charge is 2.21. The summed E-state index contributed by atoms with van der Waals surface area (Å²) in [5, 5.41) is 14.1. The zero-order valence-corrected chi connectivity index (χ0v) is 15.8. The Morgan fingerprint density at radius 1 is 1.24 bits per heavy atom. The lowest BCUT2D eigenvalue weighted by Gasteiger charge is -2.13. The summed E-state index contributed by atoms with van der Waals surface area (Å²) in [5.74, 6) is 0.851. The van der Waals surface area contributed by atoms with Crippen molar-refractivity contribution in [1.82, 2.24) is 20.1 Å². The van der Waals surface area contributed by atoms with E-state index < -0.39 is 0 Å². The second-order valence-corrected chi connectivity index (χ2v) is 7.77. The van der Waals surface area contributed by atoms with Gasteiger partial charge in [0.15, 0.2) is 11.0 Å². The van der Waals surface area contributed by atoms with E-state index in [9.17, 15) is 4.79 Å². The van der Waals surface area contributed by atoms with Gasteiger partial charge in [0.2, 0.25) is 5.91 Å². The number of hydrogen-bond acceptors (Lipinski definition) is 5. The SMILES string of the molecule is CCNC(=O)[C@@H](C)Sc1nnc(-c2cccs2)n1Cc1ccccc1. The van der Waals surface area contributed by atoms with E-state index in [1.165, 1.54) is 17.3 Å². The van der Waals surface area contributed by atoms with Crippen LogP contribution >= 0.6 is 23.1 Å². The van der Waals surface area contributed by atoms with E-state index in [-0.39, 0.29) is 11.2 Å². The Morgan fingerprint density at radius 2 is 2.04 bits per heavy atom. The van der Waals surface area contributed by atoms with E-state index in [1.807, 2.05) is 49.6 Å². The molecule has 25 heavy (non-hydrogen) atoms. The highest BCUT2D eigenvalue weighted by atomic mass is 32.2. The first kappa shape index (κ1) is 17.7. The molecule has 0 fully saturated rings. The lowest BCUT2D eigenvalue weighted by molar-refractivity contribution is -0.120. The molecule has 3 rings (SSSR count). The van der Waals surface area contributed by atoms with Gasteiger partial charge >= 0.3 is 0 Å². The largest absolute Gasteiger partial charge is 0.355 e. The summed E-state index contributed by atoms with van der Waals surface area (Å²) in [7, 11) is 0. The molecule has 0 aliphatic rings. The zero-order valence-electron chi connectivity index (χ0n) is 14.2. The van der Waals surface area contributed by atoms with E-state index in [0.29, 0.717) is 13.1 Å². The number of rotatable bonds is 7. The molecule has 2 aromatic heterocycles. The van der Waals surface area contributed by atoms with Crippen molar-refractivity contribution in [2.24, 2.45) is 0 Å². The van der Waals surface area contributed by atoms with Gasteiger partial charge in [-0.1, -0.05) is 48.2 Å². The van der Waals surface area contributed by atoms with Crippen molar-refractivity contribution in [2.75, 3.05) is 6.54 Å². The maximum absolute atomic E-state index is 12.1. The van der Waals surface area contributed by atoms with Crippen molar-refractivity contribution < 1.29 is 4.79 Å². The molecule has 0 spiro atoms. The molecule has 1 atom stereocenters. The second kappa shape index (κ2) is 8.31. The molecule has 0 saturated carbocycles. The van der Waals surface area contributed by atoms with Gasteiger partial charge in [-0.25, -0.2) is 0 Å². The van der Waals surface area contributed by atoms with Crippen molar-refractivity contribution in [3.8, 4) is 10.7 Å². The molecule has 0 unspecified atom stereocenters. The van der Waals surface area contributed by atoms with Gasteiger partial charge in [0, 0.05) is 6.54 Å². The Kier molecular flexibility index (Phi) is 5.88. The Hall–Kier alpha value is -2.12. The first-order valence-corrected chi connectivity index (χ1v) is 9.90. The molecular weight excluding hydrogens is 352 g/mol. The third-order valence-electron chi connectivity index (χ3n) is 3.64. The van der Waals surface area contributed by atoms with Crippen LogP contribution in [0.25, 0.3) is 10.7 Å². The average Bonchev–Trinajstić information content (AvgIpc) is 3.26. The number of nitrogens with one attached hydrogen (secondary N) is 1. The Labute approximate surface area is 155 Å². The number of benzene rings is 1. The van der Waals surface area contributed by atoms with E-state index in [2.05, 4.69) is 32.2 Å². The predicted octanol–water partition coefficient (Wildman–Crippen LogP) is 3.67. The van der Waals surface area contributed by atoms with E-state index >= 15 is 0 Å². The van der Waals surface area contributed by atoms with Crippen LogP contribution in [0.2, 0.25) is 0 Å². The Balaban J connectivity index is 1.91. The third kappa shape index (κ3) is 4.29. The fourth-order valence-electron chi connectivity index (χ4n) is 2.40. The van der Waals surface area contributed by atoms with Crippen LogP contribution in [0.5, 0.6) is 0 Å². The third-order valence-corrected chi connectivity index (χ3v) is 5.59. The quantitative estimate of drug-likeness (QED) is 0.643. The smallest absolute Gasteiger partial charge is 0.233 e. The van der Waals surface area contributed by atoms with Crippen LogP contribution < -0.4 is 5.32 Å². The first-order chi connectivity index (χ1) is 12.2. The van der Waals surface area contributed by atoms with Gasteiger partial charge in [0.1, 0.15) is 0 Å². The van der Waals surface area contributed by atoms with Gasteiger partial charge in [-0.2, -0.15) is 0 Å². The fraction of sp³-hybridized carbons (Fsp3) is 0.278. The van der Waals surface area contributed by atoms with Crippen LogP contribution in [-0.4, -0.2) is 32.5 Å². The van der Waals surface area contributed by atoms with Crippen LogP contribution in [0.4, 0.5) is 0 Å². The topological polar surface area (TPSA) is 59.8 Å². The molecule has 1 N–H and O–H groups in total. The van der Waals surface area contributed by atoms with E-state index in [0.717, 1.165) is 15.9 Å². The van der Waals surface area contributed by atoms with Crippen molar-refractivity contribution >= 4 is 29.0 Å². The number of aromatic nitrogens is 3. The highest BCUT2D eigenvalue weighted by molar-refractivity contribution is 8.00. The van der Waals surface area contributed by atoms with E-state index in [1.54, 1.807) is 11.3 Å². The van der Waals surface area contributed by atoms with Crippen LogP contribution in [-0.2, 0) is 11.3 Å². The molecule has 0 saturated heterocycles. The highest BCUT2D eigenvalue weighted by Crippen LogP contribution is 2.29. The monoisotopic (exact) mass is 372 g/mol. The van der Waals surface area contributed by atoms with Gasteiger partial charge in [-0.15, -0.1) is 21.5 Å². The van der Waals surface area contributed by atoms with Gasteiger partial charge in [-0.05, 0) is 30.9 Å². The molecule has 0 aliphatic carbocycles. The number of thiophene rings is 1. The summed E-state index contributed by atoms with van der Waals surface area (Å²) in [6.45, 7) is 5.11. The van der Waals surface area contributed by atoms with Gasteiger partial charge in [0.05, 0.1) is 16.7 Å². The van der Waals surface area contributed by atoms with Crippen LogP contribution in [0.1, 0.15) is 19.4 Å². The lowest BCUT2D eigenvalue weighted by atomic mass is 10.2. The molecule has 1 amide bonds. The van der Waals surface area contributed by atoms with Gasteiger partial charge in [0.25, 0.3) is 0 Å². The molecule has 2 heterocycles. The lowest BCUT2D eigenvalue weighted by Crippen LogP contribution is -2.30. The summed E-state index contributed by atoms with van der Waals surface area (Å²) < 4.78 is 2.08. The molecule has 7 heteroatoms. The molecule has 5 nitrogen and oxygen atoms in total. The van der Waals surface area contributed by atoms with Crippen molar-refractivity contribution in [3.05, 3.63) is 53.4 Å². The molecule has 0 bridgehead atoms. The predicted molar refractivity (Wildman–Crippen MR) is 103 cm³/mol. The summed E-state index contributed by atoms with van der Waals surface area (Å²) in [5.41, 5.74) is 1.17. The molecule has 3 aromatic rings. The van der Waals surface area contributed by atoms with Gasteiger partial charge < -0.3 is 5.32 Å². The minimum atomic E-state index is -0.227. The zero-order chi connectivity index (χ0) is 17.6. The molecule has 130 valence electrons. The molecule has 0 radical (unpaired) electrons. The van der Waals surface area contributed by atoms with Crippen LogP contribution in [0.15, 0.2) is 53.0 Å². The number of thioether (sulfide) groups is 1. The van der Waals surface area contributed by atoms with Gasteiger partial charge in [-0.3, -0.25) is 9.36 Å². The minimum absolute atomic E-state index is 0.0134. The summed E-state index contributed by atoms with van der Waals surface area (Å²) >= 11 is 3.07. The first-order valence-electron chi connectivity index (χ1n) is 8.14.